The summed E-state index contributed by atoms with van der Waals surface area (Å²) in [6, 6.07) is 0.772. The van der Waals surface area contributed by atoms with E-state index >= 15 is 0 Å². The molecule has 0 saturated heterocycles. The third-order valence-corrected chi connectivity index (χ3v) is 2.93. The van der Waals surface area contributed by atoms with Crippen LogP contribution in [0, 0.1) is 17.5 Å². The smallest absolute Gasteiger partial charge is 0.211 e. The number of rotatable bonds is 2. The first-order valence-corrected chi connectivity index (χ1v) is 4.82. The van der Waals surface area contributed by atoms with Crippen LogP contribution in [0.4, 0.5) is 13.2 Å². The van der Waals surface area contributed by atoms with Gasteiger partial charge in [0.15, 0.2) is 11.6 Å². The van der Waals surface area contributed by atoms with Crippen LogP contribution < -0.4 is 0 Å². The molecule has 0 unspecified atom stereocenters. The van der Waals surface area contributed by atoms with Gasteiger partial charge in [-0.1, -0.05) is 11.6 Å². The third-order valence-electron chi connectivity index (χ3n) is 2.59. The van der Waals surface area contributed by atoms with E-state index in [1.807, 2.05) is 0 Å². The van der Waals surface area contributed by atoms with Gasteiger partial charge in [0.1, 0.15) is 16.4 Å². The first kappa shape index (κ1) is 11.2. The van der Waals surface area contributed by atoms with E-state index in [4.69, 9.17) is 11.6 Å². The number of hydrogen-bond donors (Lipinski definition) is 0. The minimum Gasteiger partial charge on any atom is -0.211 e. The second-order valence-electron chi connectivity index (χ2n) is 3.58. The van der Waals surface area contributed by atoms with Crippen molar-refractivity contribution in [2.24, 2.45) is 4.99 Å². The van der Waals surface area contributed by atoms with E-state index in [9.17, 15) is 18.0 Å². The van der Waals surface area contributed by atoms with Crippen molar-refractivity contribution < 1.29 is 18.0 Å². The molecule has 2 nitrogen and oxygen atoms in total. The highest BCUT2D eigenvalue weighted by atomic mass is 35.5. The largest absolute Gasteiger partial charge is 0.235 e. The zero-order valence-electron chi connectivity index (χ0n) is 7.86. The Kier molecular flexibility index (Phi) is 2.52. The van der Waals surface area contributed by atoms with Gasteiger partial charge in [-0.3, -0.25) is 0 Å². The van der Waals surface area contributed by atoms with Gasteiger partial charge in [0.05, 0.1) is 0 Å². The van der Waals surface area contributed by atoms with Crippen LogP contribution in [0.3, 0.4) is 0 Å². The van der Waals surface area contributed by atoms with E-state index < -0.39 is 28.0 Å². The molecule has 0 aliphatic heterocycles. The zero-order chi connectivity index (χ0) is 11.9. The van der Waals surface area contributed by atoms with Crippen molar-refractivity contribution >= 4 is 17.7 Å². The fraction of sp³-hybridized carbons (Fsp3) is 0.300. The average molecular weight is 248 g/mol. The molecule has 2 rings (SSSR count). The minimum absolute atomic E-state index is 0.282. The Hall–Kier alpha value is -1.32. The number of halogens is 4. The quantitative estimate of drug-likeness (QED) is 0.342. The highest BCUT2D eigenvalue weighted by Crippen LogP contribution is 2.51. The van der Waals surface area contributed by atoms with Crippen molar-refractivity contribution in [1.82, 2.24) is 0 Å². The molecule has 6 heteroatoms. The Morgan fingerprint density at radius 2 is 1.94 bits per heavy atom. The van der Waals surface area contributed by atoms with E-state index in [0.29, 0.717) is 12.8 Å². The minimum atomic E-state index is -1.45. The predicted molar refractivity (Wildman–Crippen MR) is 50.4 cm³/mol. The van der Waals surface area contributed by atoms with Gasteiger partial charge in [-0.05, 0) is 18.9 Å². The molecule has 0 atom stereocenters. The molecule has 0 aromatic heterocycles. The van der Waals surface area contributed by atoms with Crippen LogP contribution in [0.15, 0.2) is 11.1 Å². The Balaban J connectivity index is 2.63. The Morgan fingerprint density at radius 1 is 1.31 bits per heavy atom. The van der Waals surface area contributed by atoms with Gasteiger partial charge < -0.3 is 0 Å². The molecule has 1 aromatic carbocycles. The van der Waals surface area contributed by atoms with Crippen molar-refractivity contribution in [3.8, 4) is 0 Å². The summed E-state index contributed by atoms with van der Waals surface area (Å²) in [7, 11) is 0. The molecule has 0 radical (unpaired) electrons. The highest BCUT2D eigenvalue weighted by Gasteiger charge is 2.48. The van der Waals surface area contributed by atoms with Gasteiger partial charge in [0, 0.05) is 5.56 Å². The summed E-state index contributed by atoms with van der Waals surface area (Å²) >= 11 is 5.20. The molecule has 0 bridgehead atoms. The lowest BCUT2D eigenvalue weighted by Gasteiger charge is -2.11. The third kappa shape index (κ3) is 1.52. The monoisotopic (exact) mass is 247 g/mol. The van der Waals surface area contributed by atoms with Gasteiger partial charge in [-0.25, -0.2) is 18.0 Å². The summed E-state index contributed by atoms with van der Waals surface area (Å²) < 4.78 is 39.8. The second kappa shape index (κ2) is 3.61. The van der Waals surface area contributed by atoms with Gasteiger partial charge in [0.2, 0.25) is 6.08 Å². The fourth-order valence-electron chi connectivity index (χ4n) is 1.56. The highest BCUT2D eigenvalue weighted by molar-refractivity contribution is 6.30. The second-order valence-corrected chi connectivity index (χ2v) is 3.96. The molecular formula is C10H5ClF3NO. The Bertz CT molecular complexity index is 507. The number of hydrogen-bond acceptors (Lipinski definition) is 2. The van der Waals surface area contributed by atoms with Crippen LogP contribution >= 0.6 is 11.6 Å². The summed E-state index contributed by atoms with van der Waals surface area (Å²) in [5.74, 6) is -3.78. The SMILES string of the molecule is O=C=NC1(c2cc(F)c(Cl)c(F)c2F)CC1. The summed E-state index contributed by atoms with van der Waals surface area (Å²) in [5, 5.41) is -0.896. The lowest BCUT2D eigenvalue weighted by atomic mass is 10.0. The van der Waals surface area contributed by atoms with Crippen molar-refractivity contribution in [1.29, 1.82) is 0 Å². The molecule has 84 valence electrons. The molecule has 1 fully saturated rings. The number of carbonyl (C=O) groups excluding carboxylic acids is 1. The summed E-state index contributed by atoms with van der Waals surface area (Å²) in [6.45, 7) is 0. The van der Waals surface area contributed by atoms with Crippen molar-refractivity contribution in [2.75, 3.05) is 0 Å². The van der Waals surface area contributed by atoms with E-state index in [1.165, 1.54) is 6.08 Å². The summed E-state index contributed by atoms with van der Waals surface area (Å²) in [5.41, 5.74) is -1.44. The molecule has 16 heavy (non-hydrogen) atoms. The topological polar surface area (TPSA) is 29.4 Å². The average Bonchev–Trinajstić information content (AvgIpc) is 3.02. The summed E-state index contributed by atoms with van der Waals surface area (Å²) in [6.07, 6.45) is 2.00. The number of aliphatic imine (C=N–C) groups is 1. The predicted octanol–water partition coefficient (Wildman–Crippen LogP) is 3.08. The van der Waals surface area contributed by atoms with Crippen LogP contribution in [-0.2, 0) is 10.3 Å². The van der Waals surface area contributed by atoms with Gasteiger partial charge in [0.25, 0.3) is 0 Å². The lowest BCUT2D eigenvalue weighted by molar-refractivity contribution is 0.471. The lowest BCUT2D eigenvalue weighted by Crippen LogP contribution is -2.09. The van der Waals surface area contributed by atoms with E-state index in [1.54, 1.807) is 0 Å². The molecule has 0 spiro atoms. The number of nitrogens with zero attached hydrogens (tertiary/aromatic N) is 1. The van der Waals surface area contributed by atoms with Crippen LogP contribution in [0.2, 0.25) is 5.02 Å². The van der Waals surface area contributed by atoms with E-state index in [2.05, 4.69) is 4.99 Å². The Labute approximate surface area is 93.7 Å². The standard InChI is InChI=1S/C10H5ClF3NO/c11-7-6(12)3-5(8(13)9(7)14)10(1-2-10)15-4-16/h3H,1-2H2. The van der Waals surface area contributed by atoms with E-state index in [-0.39, 0.29) is 5.56 Å². The van der Waals surface area contributed by atoms with Crippen molar-refractivity contribution in [3.63, 3.8) is 0 Å². The first-order chi connectivity index (χ1) is 7.52. The molecule has 1 aliphatic carbocycles. The summed E-state index contributed by atoms with van der Waals surface area (Å²) in [4.78, 5) is 13.5. The van der Waals surface area contributed by atoms with Crippen LogP contribution in [-0.4, -0.2) is 6.08 Å². The molecular weight excluding hydrogens is 243 g/mol. The molecule has 0 N–H and O–H groups in total. The van der Waals surface area contributed by atoms with Gasteiger partial charge in [-0.15, -0.1) is 0 Å². The molecule has 0 amide bonds. The van der Waals surface area contributed by atoms with Gasteiger partial charge in [-0.2, -0.15) is 4.99 Å². The fourth-order valence-corrected chi connectivity index (χ4v) is 1.70. The van der Waals surface area contributed by atoms with Crippen LogP contribution in [0.5, 0.6) is 0 Å². The van der Waals surface area contributed by atoms with E-state index in [0.717, 1.165) is 6.07 Å². The van der Waals surface area contributed by atoms with Crippen LogP contribution in [0.25, 0.3) is 0 Å². The van der Waals surface area contributed by atoms with Crippen LogP contribution in [0.1, 0.15) is 18.4 Å². The maximum Gasteiger partial charge on any atom is 0.235 e. The number of isocyanates is 1. The van der Waals surface area contributed by atoms with Crippen molar-refractivity contribution in [2.45, 2.75) is 18.4 Å². The zero-order valence-corrected chi connectivity index (χ0v) is 8.61. The number of benzene rings is 1. The normalized spacial score (nSPS) is 16.8. The molecule has 0 heterocycles. The molecule has 1 aliphatic rings. The van der Waals surface area contributed by atoms with Gasteiger partial charge >= 0.3 is 0 Å². The first-order valence-electron chi connectivity index (χ1n) is 4.44. The maximum atomic E-state index is 13.5. The molecule has 1 saturated carbocycles. The Morgan fingerprint density at radius 3 is 2.44 bits per heavy atom. The van der Waals surface area contributed by atoms with Crippen molar-refractivity contribution in [3.05, 3.63) is 34.1 Å². The maximum absolute atomic E-state index is 13.5. The molecule has 1 aromatic rings.